The van der Waals surface area contributed by atoms with Crippen molar-refractivity contribution in [2.24, 2.45) is 0 Å². The van der Waals surface area contributed by atoms with Gasteiger partial charge in [-0.25, -0.2) is 0 Å². The Morgan fingerprint density at radius 2 is 1.81 bits per heavy atom. The standard InChI is InChI=1S/C23H24O8/c1-22(2,25)18-7-12-14(30-18)6-5-11-20(12)31-19-10-29-15-9-17(28-4)16(27-3)8-13(15)23(19,26)21(11)24/h5-6,8-9,18-19,25-26H,7,10H2,1-4H3/t18-,19-,23-/m1/s1. The molecular formula is C23H24O8. The lowest BCUT2D eigenvalue weighted by Crippen LogP contribution is -2.57. The Balaban J connectivity index is 1.61. The average Bonchev–Trinajstić information content (AvgIpc) is 3.19. The summed E-state index contributed by atoms with van der Waals surface area (Å²) in [5, 5.41) is 22.0. The normalized spacial score (nSPS) is 25.8. The van der Waals surface area contributed by atoms with Crippen LogP contribution in [0.4, 0.5) is 0 Å². The fraction of sp³-hybridized carbons (Fsp3) is 0.435. The van der Waals surface area contributed by atoms with Crippen molar-refractivity contribution in [3.63, 3.8) is 0 Å². The van der Waals surface area contributed by atoms with Crippen molar-refractivity contribution in [2.75, 3.05) is 20.8 Å². The maximum absolute atomic E-state index is 13.6. The molecule has 0 spiro atoms. The third kappa shape index (κ3) is 2.71. The van der Waals surface area contributed by atoms with Crippen LogP contribution >= 0.6 is 0 Å². The summed E-state index contributed by atoms with van der Waals surface area (Å²) in [5.74, 6) is 1.59. The van der Waals surface area contributed by atoms with Gasteiger partial charge in [0.15, 0.2) is 23.2 Å². The lowest BCUT2D eigenvalue weighted by Gasteiger charge is -2.43. The summed E-state index contributed by atoms with van der Waals surface area (Å²) in [6, 6.07) is 6.41. The van der Waals surface area contributed by atoms with Crippen LogP contribution in [0.15, 0.2) is 24.3 Å². The maximum atomic E-state index is 13.6. The van der Waals surface area contributed by atoms with E-state index in [1.165, 1.54) is 14.2 Å². The lowest BCUT2D eigenvalue weighted by atomic mass is 9.77. The molecule has 8 nitrogen and oxygen atoms in total. The van der Waals surface area contributed by atoms with Crippen molar-refractivity contribution in [1.82, 2.24) is 0 Å². The summed E-state index contributed by atoms with van der Waals surface area (Å²) in [5.41, 5.74) is -1.77. The smallest absolute Gasteiger partial charge is 0.206 e. The molecule has 2 aromatic carbocycles. The van der Waals surface area contributed by atoms with Gasteiger partial charge in [0.05, 0.1) is 25.4 Å². The zero-order valence-electron chi connectivity index (χ0n) is 17.7. The van der Waals surface area contributed by atoms with Gasteiger partial charge in [0, 0.05) is 23.6 Å². The molecule has 8 heteroatoms. The molecule has 3 aliphatic heterocycles. The first-order chi connectivity index (χ1) is 14.7. The van der Waals surface area contributed by atoms with E-state index in [-0.39, 0.29) is 17.7 Å². The number of Topliss-reactive ketones (excluding diaryl/α,β-unsaturated/α-hetero) is 1. The number of ether oxygens (including phenoxy) is 5. The first-order valence-electron chi connectivity index (χ1n) is 10.1. The largest absolute Gasteiger partial charge is 0.493 e. The maximum Gasteiger partial charge on any atom is 0.206 e. The highest BCUT2D eigenvalue weighted by Crippen LogP contribution is 2.51. The molecule has 0 unspecified atom stereocenters. The van der Waals surface area contributed by atoms with Gasteiger partial charge in [0.25, 0.3) is 0 Å². The van der Waals surface area contributed by atoms with Crippen molar-refractivity contribution >= 4 is 5.78 Å². The van der Waals surface area contributed by atoms with Gasteiger partial charge in [-0.3, -0.25) is 4.79 Å². The van der Waals surface area contributed by atoms with Crippen molar-refractivity contribution in [3.05, 3.63) is 41.0 Å². The second kappa shape index (κ2) is 6.51. The molecule has 2 N–H and O–H groups in total. The number of rotatable bonds is 3. The SMILES string of the molecule is COc1cc2c(cc1OC)[C@]1(O)C(=O)c3ccc4c(c3O[C@@H]1CO2)C[C@H](C(C)(C)O)O4. The van der Waals surface area contributed by atoms with Crippen LogP contribution in [0.25, 0.3) is 0 Å². The van der Waals surface area contributed by atoms with Crippen LogP contribution in [0.2, 0.25) is 0 Å². The first kappa shape index (κ1) is 20.0. The molecule has 0 saturated carbocycles. The Morgan fingerprint density at radius 3 is 2.48 bits per heavy atom. The van der Waals surface area contributed by atoms with Crippen LogP contribution in [-0.4, -0.2) is 54.6 Å². The monoisotopic (exact) mass is 428 g/mol. The third-order valence-electron chi connectivity index (χ3n) is 6.27. The molecule has 3 aliphatic rings. The minimum absolute atomic E-state index is 0.0242. The Labute approximate surface area is 179 Å². The Morgan fingerprint density at radius 1 is 1.10 bits per heavy atom. The molecular weight excluding hydrogens is 404 g/mol. The Bertz CT molecular complexity index is 1090. The van der Waals surface area contributed by atoms with Crippen molar-refractivity contribution < 1.29 is 38.7 Å². The van der Waals surface area contributed by atoms with Gasteiger partial charge in [-0.2, -0.15) is 0 Å². The predicted octanol–water partition coefficient (Wildman–Crippen LogP) is 2.00. The number of fused-ring (bicyclic) bond motifs is 6. The van der Waals surface area contributed by atoms with E-state index in [2.05, 4.69) is 0 Å². The fourth-order valence-corrected chi connectivity index (χ4v) is 4.47. The topological polar surface area (TPSA) is 104 Å². The van der Waals surface area contributed by atoms with E-state index >= 15 is 0 Å². The molecule has 0 bridgehead atoms. The summed E-state index contributed by atoms with van der Waals surface area (Å²) in [6.45, 7) is 3.33. The van der Waals surface area contributed by atoms with Crippen LogP contribution in [0.5, 0.6) is 28.7 Å². The average molecular weight is 428 g/mol. The van der Waals surface area contributed by atoms with E-state index in [9.17, 15) is 15.0 Å². The van der Waals surface area contributed by atoms with Crippen LogP contribution in [0.3, 0.4) is 0 Å². The highest BCUT2D eigenvalue weighted by atomic mass is 16.6. The van der Waals surface area contributed by atoms with E-state index in [1.54, 1.807) is 38.1 Å². The van der Waals surface area contributed by atoms with E-state index in [4.69, 9.17) is 23.7 Å². The van der Waals surface area contributed by atoms with Gasteiger partial charge in [-0.15, -0.1) is 0 Å². The first-order valence-corrected chi connectivity index (χ1v) is 10.1. The second-order valence-corrected chi connectivity index (χ2v) is 8.60. The van der Waals surface area contributed by atoms with Gasteiger partial charge >= 0.3 is 0 Å². The van der Waals surface area contributed by atoms with Gasteiger partial charge in [0.2, 0.25) is 5.78 Å². The number of aliphatic hydroxyl groups is 2. The van der Waals surface area contributed by atoms with Gasteiger partial charge in [-0.1, -0.05) is 0 Å². The molecule has 5 rings (SSSR count). The molecule has 0 saturated heterocycles. The second-order valence-electron chi connectivity index (χ2n) is 8.60. The number of ketones is 1. The quantitative estimate of drug-likeness (QED) is 0.765. The summed E-state index contributed by atoms with van der Waals surface area (Å²) in [6.07, 6.45) is -1.03. The molecule has 0 aromatic heterocycles. The molecule has 0 aliphatic carbocycles. The summed E-state index contributed by atoms with van der Waals surface area (Å²) < 4.78 is 28.5. The summed E-state index contributed by atoms with van der Waals surface area (Å²) in [7, 11) is 2.98. The van der Waals surface area contributed by atoms with Crippen LogP contribution in [0, 0.1) is 0 Å². The van der Waals surface area contributed by atoms with E-state index < -0.39 is 29.2 Å². The number of benzene rings is 2. The summed E-state index contributed by atoms with van der Waals surface area (Å²) >= 11 is 0. The van der Waals surface area contributed by atoms with Crippen LogP contribution < -0.4 is 23.7 Å². The summed E-state index contributed by atoms with van der Waals surface area (Å²) in [4.78, 5) is 13.6. The molecule has 0 amide bonds. The molecule has 0 fully saturated rings. The Hall–Kier alpha value is -2.97. The predicted molar refractivity (Wildman–Crippen MR) is 109 cm³/mol. The molecule has 31 heavy (non-hydrogen) atoms. The number of carbonyl (C=O) groups is 1. The van der Waals surface area contributed by atoms with Crippen molar-refractivity contribution in [2.45, 2.75) is 43.7 Å². The number of carbonyl (C=O) groups excluding carboxylic acids is 1. The van der Waals surface area contributed by atoms with E-state index in [0.717, 1.165) is 0 Å². The van der Waals surface area contributed by atoms with Gasteiger partial charge in [-0.05, 0) is 32.0 Å². The van der Waals surface area contributed by atoms with Gasteiger partial charge in [0.1, 0.15) is 30.0 Å². The minimum Gasteiger partial charge on any atom is -0.493 e. The van der Waals surface area contributed by atoms with Crippen LogP contribution in [0.1, 0.15) is 35.3 Å². The molecule has 3 atom stereocenters. The van der Waals surface area contributed by atoms with Crippen molar-refractivity contribution in [3.8, 4) is 28.7 Å². The fourth-order valence-electron chi connectivity index (χ4n) is 4.47. The minimum atomic E-state index is -1.94. The molecule has 164 valence electrons. The zero-order chi connectivity index (χ0) is 22.1. The zero-order valence-corrected chi connectivity index (χ0v) is 17.7. The third-order valence-corrected chi connectivity index (χ3v) is 6.27. The van der Waals surface area contributed by atoms with Crippen molar-refractivity contribution in [1.29, 1.82) is 0 Å². The number of hydrogen-bond acceptors (Lipinski definition) is 8. The molecule has 2 aromatic rings. The Kier molecular flexibility index (Phi) is 4.19. The molecule has 3 heterocycles. The van der Waals surface area contributed by atoms with Gasteiger partial charge < -0.3 is 33.9 Å². The lowest BCUT2D eigenvalue weighted by molar-refractivity contribution is -0.0803. The highest BCUT2D eigenvalue weighted by molar-refractivity contribution is 6.07. The number of hydrogen-bond donors (Lipinski definition) is 2. The van der Waals surface area contributed by atoms with E-state index in [1.807, 2.05) is 0 Å². The number of methoxy groups -OCH3 is 2. The van der Waals surface area contributed by atoms with Crippen LogP contribution in [-0.2, 0) is 12.0 Å². The highest BCUT2D eigenvalue weighted by Gasteiger charge is 2.57. The molecule has 0 radical (unpaired) electrons. The van der Waals surface area contributed by atoms with E-state index in [0.29, 0.717) is 40.7 Å².